The summed E-state index contributed by atoms with van der Waals surface area (Å²) in [4.78, 5) is 12.9. The first kappa shape index (κ1) is 28.5. The molecule has 0 aliphatic carbocycles. The predicted molar refractivity (Wildman–Crippen MR) is 160 cm³/mol. The first-order valence-corrected chi connectivity index (χ1v) is 13.4. The number of halogens is 1. The molecule has 4 rings (SSSR count). The van der Waals surface area contributed by atoms with E-state index in [1.54, 1.807) is 43.5 Å². The van der Waals surface area contributed by atoms with E-state index in [9.17, 15) is 10.1 Å². The second-order valence-electron chi connectivity index (χ2n) is 9.16. The lowest BCUT2D eigenvalue weighted by atomic mass is 10.1. The zero-order valence-corrected chi connectivity index (χ0v) is 24.1. The van der Waals surface area contributed by atoms with Crippen LogP contribution in [-0.2, 0) is 18.0 Å². The van der Waals surface area contributed by atoms with Gasteiger partial charge in [0, 0.05) is 5.69 Å². The van der Waals surface area contributed by atoms with E-state index in [4.69, 9.17) is 14.2 Å². The quantitative estimate of drug-likeness (QED) is 0.149. The Morgan fingerprint density at radius 1 is 0.900 bits per heavy atom. The van der Waals surface area contributed by atoms with Crippen LogP contribution in [0.3, 0.4) is 0 Å². The Bertz CT molecular complexity index is 1560. The molecule has 0 radical (unpaired) electrons. The Labute approximate surface area is 243 Å². The van der Waals surface area contributed by atoms with Crippen LogP contribution < -0.4 is 19.5 Å². The number of anilines is 1. The first-order valence-electron chi connectivity index (χ1n) is 12.6. The molecular formula is C33H29BrN2O4. The minimum Gasteiger partial charge on any atom is -0.493 e. The van der Waals surface area contributed by atoms with E-state index in [0.29, 0.717) is 46.2 Å². The van der Waals surface area contributed by atoms with Crippen molar-refractivity contribution in [1.82, 2.24) is 0 Å². The summed E-state index contributed by atoms with van der Waals surface area (Å²) in [7, 11) is 1.54. The number of nitrogens with zero attached hydrogens (tertiary/aromatic N) is 1. The third-order valence-electron chi connectivity index (χ3n) is 6.24. The van der Waals surface area contributed by atoms with Crippen molar-refractivity contribution in [2.45, 2.75) is 27.1 Å². The van der Waals surface area contributed by atoms with Crippen LogP contribution in [0.2, 0.25) is 0 Å². The van der Waals surface area contributed by atoms with Crippen molar-refractivity contribution in [3.8, 4) is 23.3 Å². The van der Waals surface area contributed by atoms with Gasteiger partial charge in [-0.25, -0.2) is 0 Å². The number of benzene rings is 4. The highest BCUT2D eigenvalue weighted by atomic mass is 79.9. The van der Waals surface area contributed by atoms with Crippen molar-refractivity contribution in [3.63, 3.8) is 0 Å². The maximum atomic E-state index is 12.9. The normalized spacial score (nSPS) is 10.9. The van der Waals surface area contributed by atoms with Gasteiger partial charge in [0.05, 0.1) is 11.6 Å². The largest absolute Gasteiger partial charge is 0.493 e. The summed E-state index contributed by atoms with van der Waals surface area (Å²) < 4.78 is 18.0. The van der Waals surface area contributed by atoms with Crippen LogP contribution in [-0.4, -0.2) is 13.0 Å². The maximum Gasteiger partial charge on any atom is 0.266 e. The van der Waals surface area contributed by atoms with Crippen LogP contribution in [0.4, 0.5) is 5.69 Å². The third-order valence-corrected chi connectivity index (χ3v) is 6.83. The lowest BCUT2D eigenvalue weighted by Gasteiger charge is -2.14. The number of carbonyl (C=O) groups is 1. The zero-order chi connectivity index (χ0) is 28.5. The monoisotopic (exact) mass is 596 g/mol. The van der Waals surface area contributed by atoms with Gasteiger partial charge in [-0.3, -0.25) is 4.79 Å². The molecule has 0 aliphatic heterocycles. The summed E-state index contributed by atoms with van der Waals surface area (Å²) in [6.45, 7) is 4.95. The second kappa shape index (κ2) is 13.5. The van der Waals surface area contributed by atoms with E-state index in [2.05, 4.69) is 47.2 Å². The van der Waals surface area contributed by atoms with E-state index in [0.717, 1.165) is 11.1 Å². The first-order chi connectivity index (χ1) is 19.4. The van der Waals surface area contributed by atoms with Crippen molar-refractivity contribution in [3.05, 3.63) is 123 Å². The van der Waals surface area contributed by atoms with Gasteiger partial charge in [0.1, 0.15) is 30.6 Å². The molecule has 1 N–H and O–H groups in total. The number of aryl methyl sites for hydroxylation is 2. The molecule has 1 amide bonds. The maximum absolute atomic E-state index is 12.9. The number of methoxy groups -OCH3 is 1. The van der Waals surface area contributed by atoms with Crippen LogP contribution in [0.15, 0.2) is 95.0 Å². The Hall–Kier alpha value is -4.54. The lowest BCUT2D eigenvalue weighted by Crippen LogP contribution is -2.13. The third kappa shape index (κ3) is 7.52. The van der Waals surface area contributed by atoms with Crippen molar-refractivity contribution in [2.75, 3.05) is 12.4 Å². The van der Waals surface area contributed by atoms with E-state index in [-0.39, 0.29) is 5.57 Å². The summed E-state index contributed by atoms with van der Waals surface area (Å²) in [6, 6.07) is 28.5. The number of hydrogen-bond donors (Lipinski definition) is 1. The number of nitrogens with one attached hydrogen (secondary N) is 1. The second-order valence-corrected chi connectivity index (χ2v) is 10.0. The number of nitriles is 1. The molecule has 0 atom stereocenters. The standard InChI is InChI=1S/C33H29BrN2O4/c1-22-9-10-25(15-23(22)2)21-40-32-30(34)17-26(18-31(32)38-3)16-27(19-35)33(37)36-28-11-13-29(14-12-28)39-20-24-7-5-4-6-8-24/h4-18H,20-21H2,1-3H3,(H,36,37)/b27-16+. The van der Waals surface area contributed by atoms with E-state index in [1.807, 2.05) is 42.5 Å². The SMILES string of the molecule is COc1cc(/C=C(\C#N)C(=O)Nc2ccc(OCc3ccccc3)cc2)cc(Br)c1OCc1ccc(C)c(C)c1. The molecule has 0 unspecified atom stereocenters. The molecule has 0 saturated carbocycles. The number of rotatable bonds is 10. The molecule has 4 aromatic rings. The van der Waals surface area contributed by atoms with Crippen molar-refractivity contribution >= 4 is 33.6 Å². The number of ether oxygens (including phenoxy) is 3. The fourth-order valence-corrected chi connectivity index (χ4v) is 4.48. The van der Waals surface area contributed by atoms with Gasteiger partial charge in [0.15, 0.2) is 11.5 Å². The van der Waals surface area contributed by atoms with Crippen LogP contribution in [0.5, 0.6) is 17.2 Å². The van der Waals surface area contributed by atoms with Crippen LogP contribution in [0.25, 0.3) is 6.08 Å². The molecule has 0 fully saturated rings. The van der Waals surface area contributed by atoms with Gasteiger partial charge in [-0.05, 0) is 100 Å². The highest BCUT2D eigenvalue weighted by molar-refractivity contribution is 9.10. The minimum absolute atomic E-state index is 0.0536. The molecule has 40 heavy (non-hydrogen) atoms. The molecule has 7 heteroatoms. The summed E-state index contributed by atoms with van der Waals surface area (Å²) in [5.74, 6) is 1.17. The topological polar surface area (TPSA) is 80.6 Å². The Morgan fingerprint density at radius 3 is 2.30 bits per heavy atom. The van der Waals surface area contributed by atoms with Gasteiger partial charge in [-0.2, -0.15) is 5.26 Å². The molecule has 6 nitrogen and oxygen atoms in total. The fraction of sp³-hybridized carbons (Fsp3) is 0.152. The minimum atomic E-state index is -0.523. The fourth-order valence-electron chi connectivity index (χ4n) is 3.90. The number of carbonyl (C=O) groups excluding carboxylic acids is 1. The average molecular weight is 598 g/mol. The summed E-state index contributed by atoms with van der Waals surface area (Å²) in [5, 5.41) is 12.5. The van der Waals surface area contributed by atoms with Gasteiger partial charge >= 0.3 is 0 Å². The molecule has 0 bridgehead atoms. The molecule has 4 aromatic carbocycles. The predicted octanol–water partition coefficient (Wildman–Crippen LogP) is 7.78. The Morgan fingerprint density at radius 2 is 1.62 bits per heavy atom. The molecule has 0 heterocycles. The molecule has 0 aromatic heterocycles. The van der Waals surface area contributed by atoms with E-state index in [1.165, 1.54) is 17.2 Å². The van der Waals surface area contributed by atoms with Gasteiger partial charge < -0.3 is 19.5 Å². The van der Waals surface area contributed by atoms with Gasteiger partial charge in [0.2, 0.25) is 0 Å². The van der Waals surface area contributed by atoms with E-state index < -0.39 is 5.91 Å². The van der Waals surface area contributed by atoms with Gasteiger partial charge in [-0.15, -0.1) is 0 Å². The van der Waals surface area contributed by atoms with E-state index >= 15 is 0 Å². The van der Waals surface area contributed by atoms with Crippen molar-refractivity contribution < 1.29 is 19.0 Å². The highest BCUT2D eigenvalue weighted by Crippen LogP contribution is 2.38. The van der Waals surface area contributed by atoms with Crippen LogP contribution in [0.1, 0.15) is 27.8 Å². The molecular weight excluding hydrogens is 568 g/mol. The Balaban J connectivity index is 1.42. The van der Waals surface area contributed by atoms with Gasteiger partial charge in [-0.1, -0.05) is 48.5 Å². The highest BCUT2D eigenvalue weighted by Gasteiger charge is 2.15. The molecule has 0 saturated heterocycles. The summed E-state index contributed by atoms with van der Waals surface area (Å²) in [6.07, 6.45) is 1.51. The molecule has 202 valence electrons. The lowest BCUT2D eigenvalue weighted by molar-refractivity contribution is -0.112. The Kier molecular flexibility index (Phi) is 9.61. The zero-order valence-electron chi connectivity index (χ0n) is 22.5. The van der Waals surface area contributed by atoms with Crippen molar-refractivity contribution in [2.24, 2.45) is 0 Å². The smallest absolute Gasteiger partial charge is 0.266 e. The van der Waals surface area contributed by atoms with Crippen molar-refractivity contribution in [1.29, 1.82) is 5.26 Å². The summed E-state index contributed by atoms with van der Waals surface area (Å²) >= 11 is 3.55. The van der Waals surface area contributed by atoms with Crippen LogP contribution >= 0.6 is 15.9 Å². The average Bonchev–Trinajstić information content (AvgIpc) is 2.97. The number of hydrogen-bond acceptors (Lipinski definition) is 5. The van der Waals surface area contributed by atoms with Gasteiger partial charge in [0.25, 0.3) is 5.91 Å². The summed E-state index contributed by atoms with van der Waals surface area (Å²) in [5.41, 5.74) is 5.63. The molecule has 0 aliphatic rings. The number of amides is 1. The molecule has 0 spiro atoms. The van der Waals surface area contributed by atoms with Crippen LogP contribution in [0, 0.1) is 25.2 Å².